The second-order valence-corrected chi connectivity index (χ2v) is 3.06. The number of alkyl halides is 2. The highest BCUT2D eigenvalue weighted by molar-refractivity contribution is 5.45. The molecular formula is C10H10F3N. The van der Waals surface area contributed by atoms with Crippen LogP contribution in [0.15, 0.2) is 30.4 Å². The van der Waals surface area contributed by atoms with E-state index in [0.29, 0.717) is 0 Å². The van der Waals surface area contributed by atoms with E-state index in [4.69, 9.17) is 5.73 Å². The molecule has 0 heterocycles. The lowest BCUT2D eigenvalue weighted by Crippen LogP contribution is -2.17. The fraction of sp³-hybridized carbons (Fsp3) is 0.200. The highest BCUT2D eigenvalue weighted by atomic mass is 19.3. The van der Waals surface area contributed by atoms with Crippen LogP contribution in [0.3, 0.4) is 0 Å². The first-order valence-corrected chi connectivity index (χ1v) is 3.95. The molecule has 4 heteroatoms. The quantitative estimate of drug-likeness (QED) is 0.577. The summed E-state index contributed by atoms with van der Waals surface area (Å²) in [4.78, 5) is 0. The second kappa shape index (κ2) is 3.36. The fourth-order valence-corrected chi connectivity index (χ4v) is 1.02. The molecule has 0 spiro atoms. The predicted octanol–water partition coefficient (Wildman–Crippen LogP) is 3.08. The van der Waals surface area contributed by atoms with Crippen LogP contribution in [0, 0.1) is 5.82 Å². The summed E-state index contributed by atoms with van der Waals surface area (Å²) in [6.07, 6.45) is 0. The van der Waals surface area contributed by atoms with Crippen molar-refractivity contribution in [2.75, 3.05) is 5.73 Å². The molecule has 1 aromatic carbocycles. The third kappa shape index (κ3) is 1.60. The summed E-state index contributed by atoms with van der Waals surface area (Å²) >= 11 is 0. The van der Waals surface area contributed by atoms with Crippen LogP contribution in [-0.2, 0) is 5.92 Å². The van der Waals surface area contributed by atoms with Crippen LogP contribution in [-0.4, -0.2) is 0 Å². The minimum atomic E-state index is -3.38. The van der Waals surface area contributed by atoms with Crippen molar-refractivity contribution < 1.29 is 13.2 Å². The van der Waals surface area contributed by atoms with Gasteiger partial charge in [-0.1, -0.05) is 12.6 Å². The molecule has 0 fully saturated rings. The molecule has 0 radical (unpaired) electrons. The fourth-order valence-electron chi connectivity index (χ4n) is 1.02. The van der Waals surface area contributed by atoms with Crippen LogP contribution < -0.4 is 5.73 Å². The summed E-state index contributed by atoms with van der Waals surface area (Å²) in [5.41, 5.74) is 3.74. The summed E-state index contributed by atoms with van der Waals surface area (Å²) in [6, 6.07) is 3.51. The van der Waals surface area contributed by atoms with Crippen molar-refractivity contribution in [1.29, 1.82) is 0 Å². The first kappa shape index (κ1) is 10.6. The third-order valence-electron chi connectivity index (χ3n) is 1.90. The van der Waals surface area contributed by atoms with Gasteiger partial charge in [-0.3, -0.25) is 0 Å². The molecule has 0 unspecified atom stereocenters. The number of allylic oxidation sites excluding steroid dienone is 1. The molecule has 1 aromatic rings. The minimum absolute atomic E-state index is 0.288. The molecule has 0 atom stereocenters. The van der Waals surface area contributed by atoms with E-state index in [9.17, 15) is 13.2 Å². The van der Waals surface area contributed by atoms with Gasteiger partial charge in [-0.25, -0.2) is 4.39 Å². The summed E-state index contributed by atoms with van der Waals surface area (Å²) < 4.78 is 39.9. The summed E-state index contributed by atoms with van der Waals surface area (Å²) in [6.45, 7) is 4.26. The third-order valence-corrected chi connectivity index (χ3v) is 1.90. The molecule has 14 heavy (non-hydrogen) atoms. The van der Waals surface area contributed by atoms with E-state index in [2.05, 4.69) is 6.58 Å². The molecular weight excluding hydrogens is 191 g/mol. The van der Waals surface area contributed by atoms with Crippen molar-refractivity contribution in [3.05, 3.63) is 41.7 Å². The van der Waals surface area contributed by atoms with E-state index in [-0.39, 0.29) is 5.69 Å². The molecule has 2 N–H and O–H groups in total. The van der Waals surface area contributed by atoms with Crippen molar-refractivity contribution in [2.45, 2.75) is 12.8 Å². The van der Waals surface area contributed by atoms with E-state index in [1.807, 2.05) is 0 Å². The van der Waals surface area contributed by atoms with Crippen molar-refractivity contribution >= 4 is 5.69 Å². The zero-order valence-electron chi connectivity index (χ0n) is 7.65. The Morgan fingerprint density at radius 3 is 2.50 bits per heavy atom. The van der Waals surface area contributed by atoms with Gasteiger partial charge >= 0.3 is 0 Å². The Balaban J connectivity index is 3.33. The van der Waals surface area contributed by atoms with E-state index >= 15 is 0 Å². The molecule has 0 saturated heterocycles. The lowest BCUT2D eigenvalue weighted by Gasteiger charge is -2.17. The maximum atomic E-state index is 13.3. The van der Waals surface area contributed by atoms with Gasteiger partial charge in [0.25, 0.3) is 5.92 Å². The second-order valence-electron chi connectivity index (χ2n) is 3.06. The van der Waals surface area contributed by atoms with Crippen molar-refractivity contribution in [2.24, 2.45) is 0 Å². The monoisotopic (exact) mass is 201 g/mol. The lowest BCUT2D eigenvalue weighted by molar-refractivity contribution is 0.0348. The van der Waals surface area contributed by atoms with Gasteiger partial charge in [0.1, 0.15) is 0 Å². The molecule has 0 amide bonds. The van der Waals surface area contributed by atoms with E-state index in [1.54, 1.807) is 0 Å². The topological polar surface area (TPSA) is 26.0 Å². The van der Waals surface area contributed by atoms with Gasteiger partial charge < -0.3 is 5.73 Å². The standard InChI is InChI=1S/C10H10F3N/c1-6(2)10(12,13)7-4-3-5-8(14)9(7)11/h3-5H,1,14H2,2H3. The molecule has 76 valence electrons. The zero-order valence-corrected chi connectivity index (χ0v) is 7.65. The van der Waals surface area contributed by atoms with Crippen LogP contribution in [0.4, 0.5) is 18.9 Å². The van der Waals surface area contributed by atoms with Gasteiger partial charge in [-0.15, -0.1) is 0 Å². The number of nitrogens with two attached hydrogens (primary N) is 1. The van der Waals surface area contributed by atoms with Crippen molar-refractivity contribution in [3.8, 4) is 0 Å². The molecule has 0 aliphatic carbocycles. The molecule has 1 nitrogen and oxygen atoms in total. The maximum absolute atomic E-state index is 13.3. The van der Waals surface area contributed by atoms with E-state index in [0.717, 1.165) is 13.0 Å². The summed E-state index contributed by atoms with van der Waals surface area (Å²) in [5.74, 6) is -4.46. The SMILES string of the molecule is C=C(C)C(F)(F)c1cccc(N)c1F. The molecule has 0 aliphatic heterocycles. The zero-order chi connectivity index (χ0) is 10.9. The minimum Gasteiger partial charge on any atom is -0.396 e. The van der Waals surface area contributed by atoms with Crippen LogP contribution in [0.1, 0.15) is 12.5 Å². The van der Waals surface area contributed by atoms with Gasteiger partial charge in [0.2, 0.25) is 0 Å². The van der Waals surface area contributed by atoms with E-state index < -0.39 is 22.9 Å². The Labute approximate surface area is 80.0 Å². The van der Waals surface area contributed by atoms with Crippen LogP contribution in [0.2, 0.25) is 0 Å². The first-order valence-electron chi connectivity index (χ1n) is 3.95. The molecule has 0 bridgehead atoms. The number of nitrogen functional groups attached to an aromatic ring is 1. The number of benzene rings is 1. The predicted molar refractivity (Wildman–Crippen MR) is 49.5 cm³/mol. The van der Waals surface area contributed by atoms with Gasteiger partial charge in [0.15, 0.2) is 5.82 Å². The summed E-state index contributed by atoms with van der Waals surface area (Å²) in [5, 5.41) is 0. The van der Waals surface area contributed by atoms with Crippen LogP contribution in [0.25, 0.3) is 0 Å². The van der Waals surface area contributed by atoms with Gasteiger partial charge in [0, 0.05) is 0 Å². The van der Waals surface area contributed by atoms with Gasteiger partial charge in [-0.05, 0) is 24.6 Å². The van der Waals surface area contributed by atoms with E-state index in [1.165, 1.54) is 12.1 Å². The smallest absolute Gasteiger partial charge is 0.296 e. The molecule has 1 rings (SSSR count). The first-order chi connectivity index (χ1) is 6.37. The number of anilines is 1. The van der Waals surface area contributed by atoms with Crippen molar-refractivity contribution in [1.82, 2.24) is 0 Å². The maximum Gasteiger partial charge on any atom is 0.296 e. The molecule has 0 saturated carbocycles. The Bertz CT molecular complexity index is 372. The number of halogens is 3. The van der Waals surface area contributed by atoms with Crippen LogP contribution >= 0.6 is 0 Å². The number of hydrogen-bond acceptors (Lipinski definition) is 1. The Morgan fingerprint density at radius 1 is 1.43 bits per heavy atom. The highest BCUT2D eigenvalue weighted by Gasteiger charge is 2.35. The molecule has 0 aliphatic rings. The highest BCUT2D eigenvalue weighted by Crippen LogP contribution is 2.37. The Hall–Kier alpha value is -1.45. The molecule has 0 aromatic heterocycles. The van der Waals surface area contributed by atoms with Crippen LogP contribution in [0.5, 0.6) is 0 Å². The average molecular weight is 201 g/mol. The Morgan fingerprint density at radius 2 is 2.00 bits per heavy atom. The normalized spacial score (nSPS) is 11.4. The van der Waals surface area contributed by atoms with Gasteiger partial charge in [-0.2, -0.15) is 8.78 Å². The van der Waals surface area contributed by atoms with Crippen molar-refractivity contribution in [3.63, 3.8) is 0 Å². The number of hydrogen-bond donors (Lipinski definition) is 1. The summed E-state index contributed by atoms with van der Waals surface area (Å²) in [7, 11) is 0. The Kier molecular flexibility index (Phi) is 2.55. The average Bonchev–Trinajstić information content (AvgIpc) is 2.09. The largest absolute Gasteiger partial charge is 0.396 e. The lowest BCUT2D eigenvalue weighted by atomic mass is 10.0. The van der Waals surface area contributed by atoms with Gasteiger partial charge in [0.05, 0.1) is 11.3 Å². The number of rotatable bonds is 2.